The quantitative estimate of drug-likeness (QED) is 0.514. The number of nitro benzene ring substituents is 1. The smallest absolute Gasteiger partial charge is 0.267 e. The predicted molar refractivity (Wildman–Crippen MR) is 93.3 cm³/mol. The van der Waals surface area contributed by atoms with Crippen LogP contribution in [0.1, 0.15) is 48.2 Å². The summed E-state index contributed by atoms with van der Waals surface area (Å²) in [5, 5.41) is 14.7. The number of nitrogens with zero attached hydrogens (tertiary/aromatic N) is 2. The fraction of sp³-hybridized carbons (Fsp3) is 0.222. The van der Waals surface area contributed by atoms with Gasteiger partial charge in [-0.3, -0.25) is 14.9 Å². The highest BCUT2D eigenvalue weighted by atomic mass is 16.6. The number of carbonyl (C=O) groups excluding carboxylic acids is 1. The highest BCUT2D eigenvalue weighted by molar-refractivity contribution is 6.01. The van der Waals surface area contributed by atoms with Gasteiger partial charge in [0.1, 0.15) is 0 Å². The lowest BCUT2D eigenvalue weighted by Gasteiger charge is -2.06. The number of hydrogen-bond acceptors (Lipinski definition) is 4. The van der Waals surface area contributed by atoms with Crippen LogP contribution in [0.25, 0.3) is 0 Å². The Morgan fingerprint density at radius 1 is 1.04 bits per heavy atom. The van der Waals surface area contributed by atoms with Crippen molar-refractivity contribution >= 4 is 17.3 Å². The lowest BCUT2D eigenvalue weighted by molar-refractivity contribution is -0.384. The highest BCUT2D eigenvalue weighted by Crippen LogP contribution is 2.15. The SMILES string of the molecule is CC(=NNC(=O)c1ccc(C(C)C)cc1)c1ccc([N+](=O)[O-])cc1. The summed E-state index contributed by atoms with van der Waals surface area (Å²) in [6, 6.07) is 13.4. The molecule has 0 bridgehead atoms. The molecule has 0 aromatic heterocycles. The van der Waals surface area contributed by atoms with Crippen LogP contribution in [0.3, 0.4) is 0 Å². The number of rotatable bonds is 5. The third kappa shape index (κ3) is 4.25. The van der Waals surface area contributed by atoms with Gasteiger partial charge in [-0.15, -0.1) is 0 Å². The molecule has 24 heavy (non-hydrogen) atoms. The van der Waals surface area contributed by atoms with Crippen molar-refractivity contribution in [2.45, 2.75) is 26.7 Å². The Morgan fingerprint density at radius 3 is 2.08 bits per heavy atom. The van der Waals surface area contributed by atoms with Crippen molar-refractivity contribution in [1.82, 2.24) is 5.43 Å². The van der Waals surface area contributed by atoms with Crippen LogP contribution in [0, 0.1) is 10.1 Å². The number of amides is 1. The van der Waals surface area contributed by atoms with Gasteiger partial charge in [-0.25, -0.2) is 5.43 Å². The molecule has 0 unspecified atom stereocenters. The first kappa shape index (κ1) is 17.3. The summed E-state index contributed by atoms with van der Waals surface area (Å²) >= 11 is 0. The molecule has 0 saturated carbocycles. The second-order valence-electron chi connectivity index (χ2n) is 5.72. The standard InChI is InChI=1S/C18H19N3O3/c1-12(2)14-4-6-16(7-5-14)18(22)20-19-13(3)15-8-10-17(11-9-15)21(23)24/h4-12H,1-3H3,(H,20,22). The summed E-state index contributed by atoms with van der Waals surface area (Å²) < 4.78 is 0. The lowest BCUT2D eigenvalue weighted by atomic mass is 10.0. The van der Waals surface area contributed by atoms with Crippen molar-refractivity contribution in [2.75, 3.05) is 0 Å². The Labute approximate surface area is 140 Å². The van der Waals surface area contributed by atoms with E-state index < -0.39 is 4.92 Å². The van der Waals surface area contributed by atoms with E-state index in [9.17, 15) is 14.9 Å². The minimum atomic E-state index is -0.459. The van der Waals surface area contributed by atoms with Gasteiger partial charge in [0.15, 0.2) is 0 Å². The maximum absolute atomic E-state index is 12.1. The molecular formula is C18H19N3O3. The van der Waals surface area contributed by atoms with E-state index in [0.29, 0.717) is 22.8 Å². The second-order valence-corrected chi connectivity index (χ2v) is 5.72. The highest BCUT2D eigenvalue weighted by Gasteiger charge is 2.08. The molecule has 2 aromatic carbocycles. The molecule has 0 saturated heterocycles. The number of non-ortho nitro benzene ring substituents is 1. The predicted octanol–water partition coefficient (Wildman–Crippen LogP) is 3.87. The zero-order valence-corrected chi connectivity index (χ0v) is 13.8. The Bertz CT molecular complexity index is 763. The summed E-state index contributed by atoms with van der Waals surface area (Å²) in [7, 11) is 0. The Balaban J connectivity index is 2.05. The third-order valence-electron chi connectivity index (χ3n) is 3.66. The first-order valence-corrected chi connectivity index (χ1v) is 7.58. The molecule has 2 aromatic rings. The van der Waals surface area contributed by atoms with E-state index in [1.54, 1.807) is 31.2 Å². The van der Waals surface area contributed by atoms with Crippen LogP contribution in [0.15, 0.2) is 53.6 Å². The van der Waals surface area contributed by atoms with E-state index in [1.807, 2.05) is 12.1 Å². The Hall–Kier alpha value is -3.02. The first-order valence-electron chi connectivity index (χ1n) is 7.58. The largest absolute Gasteiger partial charge is 0.271 e. The molecule has 0 heterocycles. The molecule has 0 aliphatic rings. The molecule has 1 amide bonds. The zero-order chi connectivity index (χ0) is 17.7. The minimum Gasteiger partial charge on any atom is -0.267 e. The number of hydrazone groups is 1. The molecule has 124 valence electrons. The van der Waals surface area contributed by atoms with Crippen LogP contribution in [-0.4, -0.2) is 16.5 Å². The lowest BCUT2D eigenvalue weighted by Crippen LogP contribution is -2.19. The van der Waals surface area contributed by atoms with Crippen LogP contribution >= 0.6 is 0 Å². The fourth-order valence-electron chi connectivity index (χ4n) is 2.11. The molecule has 0 aliphatic heterocycles. The average Bonchev–Trinajstić information content (AvgIpc) is 2.59. The number of benzene rings is 2. The third-order valence-corrected chi connectivity index (χ3v) is 3.66. The maximum atomic E-state index is 12.1. The van der Waals surface area contributed by atoms with Crippen LogP contribution in [0.2, 0.25) is 0 Å². The molecule has 0 fully saturated rings. The van der Waals surface area contributed by atoms with Crippen molar-refractivity contribution in [3.63, 3.8) is 0 Å². The molecule has 0 spiro atoms. The van der Waals surface area contributed by atoms with E-state index in [0.717, 1.165) is 5.56 Å². The average molecular weight is 325 g/mol. The number of nitro groups is 1. The van der Waals surface area contributed by atoms with Crippen LogP contribution in [-0.2, 0) is 0 Å². The summed E-state index contributed by atoms with van der Waals surface area (Å²) in [5.74, 6) is 0.107. The van der Waals surface area contributed by atoms with Crippen molar-refractivity contribution in [2.24, 2.45) is 5.10 Å². The summed E-state index contributed by atoms with van der Waals surface area (Å²) in [6.45, 7) is 5.91. The molecule has 0 radical (unpaired) electrons. The van der Waals surface area contributed by atoms with E-state index in [-0.39, 0.29) is 11.6 Å². The summed E-state index contributed by atoms with van der Waals surface area (Å²) in [4.78, 5) is 22.3. The number of nitrogens with one attached hydrogen (secondary N) is 1. The van der Waals surface area contributed by atoms with Crippen molar-refractivity contribution in [3.05, 3.63) is 75.3 Å². The van der Waals surface area contributed by atoms with Crippen molar-refractivity contribution in [1.29, 1.82) is 0 Å². The second kappa shape index (κ2) is 7.50. The van der Waals surface area contributed by atoms with Crippen LogP contribution in [0.4, 0.5) is 5.69 Å². The summed E-state index contributed by atoms with van der Waals surface area (Å²) in [6.07, 6.45) is 0. The molecule has 0 aliphatic carbocycles. The maximum Gasteiger partial charge on any atom is 0.271 e. The number of hydrogen-bond donors (Lipinski definition) is 1. The topological polar surface area (TPSA) is 84.6 Å². The van der Waals surface area contributed by atoms with Gasteiger partial charge in [-0.1, -0.05) is 26.0 Å². The van der Waals surface area contributed by atoms with Crippen molar-refractivity contribution in [3.8, 4) is 0 Å². The Morgan fingerprint density at radius 2 is 1.58 bits per heavy atom. The molecule has 2 rings (SSSR count). The molecule has 0 atom stereocenters. The first-order chi connectivity index (χ1) is 11.4. The van der Waals surface area contributed by atoms with Gasteiger partial charge in [0.05, 0.1) is 10.6 Å². The van der Waals surface area contributed by atoms with Gasteiger partial charge in [0, 0.05) is 17.7 Å². The van der Waals surface area contributed by atoms with E-state index in [2.05, 4.69) is 24.4 Å². The van der Waals surface area contributed by atoms with Crippen LogP contribution in [0.5, 0.6) is 0 Å². The van der Waals surface area contributed by atoms with E-state index >= 15 is 0 Å². The fourth-order valence-corrected chi connectivity index (χ4v) is 2.11. The van der Waals surface area contributed by atoms with E-state index in [1.165, 1.54) is 12.1 Å². The molecule has 1 N–H and O–H groups in total. The molecule has 6 heteroatoms. The normalized spacial score (nSPS) is 11.4. The zero-order valence-electron chi connectivity index (χ0n) is 13.8. The summed E-state index contributed by atoms with van der Waals surface area (Å²) in [5.41, 5.74) is 5.48. The monoisotopic (exact) mass is 325 g/mol. The molecular weight excluding hydrogens is 306 g/mol. The van der Waals surface area contributed by atoms with Gasteiger partial charge in [0.25, 0.3) is 11.6 Å². The van der Waals surface area contributed by atoms with Crippen molar-refractivity contribution < 1.29 is 9.72 Å². The molecule has 6 nitrogen and oxygen atoms in total. The van der Waals surface area contributed by atoms with Gasteiger partial charge in [-0.05, 0) is 48.2 Å². The number of carbonyl (C=O) groups is 1. The van der Waals surface area contributed by atoms with E-state index in [4.69, 9.17) is 0 Å². The van der Waals surface area contributed by atoms with Gasteiger partial charge in [0.2, 0.25) is 0 Å². The van der Waals surface area contributed by atoms with Gasteiger partial charge in [-0.2, -0.15) is 5.10 Å². The minimum absolute atomic E-state index is 0.0147. The Kier molecular flexibility index (Phi) is 5.42. The van der Waals surface area contributed by atoms with Gasteiger partial charge >= 0.3 is 0 Å². The van der Waals surface area contributed by atoms with Crippen LogP contribution < -0.4 is 5.43 Å². The van der Waals surface area contributed by atoms with Gasteiger partial charge < -0.3 is 0 Å².